The second-order valence-corrected chi connectivity index (χ2v) is 7.44. The van der Waals surface area contributed by atoms with Crippen molar-refractivity contribution < 1.29 is 14.3 Å². The summed E-state index contributed by atoms with van der Waals surface area (Å²) in [5, 5.41) is 3.69. The maximum Gasteiger partial charge on any atom is 0.306 e. The van der Waals surface area contributed by atoms with Crippen LogP contribution in [0.3, 0.4) is 0 Å². The van der Waals surface area contributed by atoms with Gasteiger partial charge in [0.2, 0.25) is 5.91 Å². The molecule has 1 aromatic heterocycles. The monoisotopic (exact) mass is 366 g/mol. The Kier molecular flexibility index (Phi) is 4.67. The van der Waals surface area contributed by atoms with Gasteiger partial charge in [-0.25, -0.2) is 4.98 Å². The van der Waals surface area contributed by atoms with Crippen LogP contribution in [-0.2, 0) is 27.4 Å². The van der Waals surface area contributed by atoms with Crippen LogP contribution in [0.15, 0.2) is 48.5 Å². The number of benzene rings is 2. The number of anilines is 1. The number of hydrogen-bond acceptors (Lipinski definition) is 5. The molecule has 0 saturated heterocycles. The average Bonchev–Trinajstić information content (AvgIpc) is 3.07. The van der Waals surface area contributed by atoms with Crippen LogP contribution in [0.2, 0.25) is 0 Å². The zero-order valence-electron chi connectivity index (χ0n) is 14.1. The van der Waals surface area contributed by atoms with E-state index >= 15 is 0 Å². The van der Waals surface area contributed by atoms with Gasteiger partial charge in [-0.05, 0) is 36.6 Å². The van der Waals surface area contributed by atoms with Gasteiger partial charge >= 0.3 is 5.97 Å². The quantitative estimate of drug-likeness (QED) is 0.695. The number of amides is 1. The summed E-state index contributed by atoms with van der Waals surface area (Å²) in [4.78, 5) is 28.7. The third kappa shape index (κ3) is 3.60. The summed E-state index contributed by atoms with van der Waals surface area (Å²) in [6.07, 6.45) is 1.37. The summed E-state index contributed by atoms with van der Waals surface area (Å²) in [6, 6.07) is 15.6. The van der Waals surface area contributed by atoms with Crippen molar-refractivity contribution in [3.05, 3.63) is 59.1 Å². The molecule has 4 rings (SSSR count). The molecule has 5 nitrogen and oxygen atoms in total. The summed E-state index contributed by atoms with van der Waals surface area (Å²) in [5.74, 6) is -0.515. The molecule has 1 atom stereocenters. The van der Waals surface area contributed by atoms with Gasteiger partial charge in [-0.15, -0.1) is 11.3 Å². The standard InChI is InChI=1S/C20H18N2O3S/c23-19(25-12-18-21-16-7-3-4-8-17(16)26-18)10-9-14-11-13-5-1-2-6-15(13)22-20(14)24/h1-8,14H,9-12H2,(H,22,24)/t14-/m1/s1. The number of esters is 1. The molecule has 0 radical (unpaired) electrons. The van der Waals surface area contributed by atoms with E-state index in [2.05, 4.69) is 10.3 Å². The normalized spacial score (nSPS) is 16.2. The summed E-state index contributed by atoms with van der Waals surface area (Å²) < 4.78 is 6.41. The number of nitrogens with one attached hydrogen (secondary N) is 1. The van der Waals surface area contributed by atoms with Crippen molar-refractivity contribution in [1.82, 2.24) is 4.98 Å². The molecule has 1 aliphatic rings. The van der Waals surface area contributed by atoms with Crippen LogP contribution in [0.25, 0.3) is 10.2 Å². The molecular weight excluding hydrogens is 348 g/mol. The Labute approximate surface area is 155 Å². The van der Waals surface area contributed by atoms with Crippen LogP contribution in [0.1, 0.15) is 23.4 Å². The molecule has 3 aromatic rings. The Morgan fingerprint density at radius 1 is 1.19 bits per heavy atom. The third-order valence-electron chi connectivity index (χ3n) is 4.50. The second-order valence-electron chi connectivity index (χ2n) is 6.32. The molecule has 1 N–H and O–H groups in total. The molecule has 0 aliphatic carbocycles. The van der Waals surface area contributed by atoms with E-state index in [-0.39, 0.29) is 30.8 Å². The van der Waals surface area contributed by atoms with E-state index in [4.69, 9.17) is 4.74 Å². The molecule has 6 heteroatoms. The van der Waals surface area contributed by atoms with Gasteiger partial charge in [0.1, 0.15) is 11.6 Å². The average molecular weight is 366 g/mol. The minimum atomic E-state index is -0.295. The highest BCUT2D eigenvalue weighted by Crippen LogP contribution is 2.28. The first-order chi connectivity index (χ1) is 12.7. The van der Waals surface area contributed by atoms with E-state index in [9.17, 15) is 9.59 Å². The van der Waals surface area contributed by atoms with Gasteiger partial charge < -0.3 is 10.1 Å². The van der Waals surface area contributed by atoms with Crippen LogP contribution in [0.5, 0.6) is 0 Å². The first kappa shape index (κ1) is 16.7. The highest BCUT2D eigenvalue weighted by Gasteiger charge is 2.26. The van der Waals surface area contributed by atoms with Crippen molar-refractivity contribution in [3.8, 4) is 0 Å². The lowest BCUT2D eigenvalue weighted by Gasteiger charge is -2.24. The van der Waals surface area contributed by atoms with Crippen molar-refractivity contribution in [3.63, 3.8) is 0 Å². The molecule has 1 amide bonds. The van der Waals surface area contributed by atoms with Gasteiger partial charge in [0.15, 0.2) is 0 Å². The highest BCUT2D eigenvalue weighted by atomic mass is 32.1. The number of thiazole rings is 1. The lowest BCUT2D eigenvalue weighted by atomic mass is 9.90. The van der Waals surface area contributed by atoms with E-state index in [0.717, 1.165) is 26.5 Å². The Hall–Kier alpha value is -2.73. The Bertz CT molecular complexity index is 933. The first-order valence-corrected chi connectivity index (χ1v) is 9.39. The zero-order valence-corrected chi connectivity index (χ0v) is 14.9. The number of fused-ring (bicyclic) bond motifs is 2. The molecule has 132 valence electrons. The molecule has 26 heavy (non-hydrogen) atoms. The van der Waals surface area contributed by atoms with Crippen LogP contribution >= 0.6 is 11.3 Å². The van der Waals surface area contributed by atoms with Gasteiger partial charge in [0.25, 0.3) is 0 Å². The Morgan fingerprint density at radius 3 is 2.88 bits per heavy atom. The van der Waals surface area contributed by atoms with Crippen LogP contribution in [0.4, 0.5) is 5.69 Å². The van der Waals surface area contributed by atoms with Crippen molar-refractivity contribution in [2.45, 2.75) is 25.9 Å². The smallest absolute Gasteiger partial charge is 0.306 e. The van der Waals surface area contributed by atoms with E-state index in [0.29, 0.717) is 12.8 Å². The van der Waals surface area contributed by atoms with Crippen molar-refractivity contribution in [2.75, 3.05) is 5.32 Å². The number of carbonyl (C=O) groups is 2. The maximum absolute atomic E-state index is 12.2. The van der Waals surface area contributed by atoms with Crippen LogP contribution in [0, 0.1) is 5.92 Å². The molecule has 0 fully saturated rings. The molecule has 1 aliphatic heterocycles. The molecule has 0 unspecified atom stereocenters. The summed E-state index contributed by atoms with van der Waals surface area (Å²) in [5.41, 5.74) is 2.90. The van der Waals surface area contributed by atoms with Crippen molar-refractivity contribution in [2.24, 2.45) is 5.92 Å². The second kappa shape index (κ2) is 7.25. The van der Waals surface area contributed by atoms with Gasteiger partial charge in [-0.3, -0.25) is 9.59 Å². The number of carbonyl (C=O) groups excluding carboxylic acids is 2. The predicted molar refractivity (Wildman–Crippen MR) is 101 cm³/mol. The number of nitrogens with zero attached hydrogens (tertiary/aromatic N) is 1. The number of ether oxygens (including phenoxy) is 1. The fourth-order valence-corrected chi connectivity index (χ4v) is 4.02. The van der Waals surface area contributed by atoms with E-state index in [1.165, 1.54) is 11.3 Å². The van der Waals surface area contributed by atoms with Crippen molar-refractivity contribution >= 4 is 39.1 Å². The molecule has 2 aromatic carbocycles. The fourth-order valence-electron chi connectivity index (χ4n) is 3.13. The maximum atomic E-state index is 12.2. The van der Waals surface area contributed by atoms with Gasteiger partial charge in [0.05, 0.1) is 10.2 Å². The highest BCUT2D eigenvalue weighted by molar-refractivity contribution is 7.18. The van der Waals surface area contributed by atoms with Gasteiger partial charge in [-0.2, -0.15) is 0 Å². The van der Waals surface area contributed by atoms with Gasteiger partial charge in [-0.1, -0.05) is 30.3 Å². The number of para-hydroxylation sites is 2. The van der Waals surface area contributed by atoms with E-state index in [1.54, 1.807) is 0 Å². The first-order valence-electron chi connectivity index (χ1n) is 8.58. The number of hydrogen-bond donors (Lipinski definition) is 1. The minimum Gasteiger partial charge on any atom is -0.458 e. The number of rotatable bonds is 5. The predicted octanol–water partition coefficient (Wildman–Crippen LogP) is 3.93. The fraction of sp³-hybridized carbons (Fsp3) is 0.250. The lowest BCUT2D eigenvalue weighted by molar-refractivity contribution is -0.145. The van der Waals surface area contributed by atoms with E-state index in [1.807, 2.05) is 48.5 Å². The molecule has 0 spiro atoms. The molecular formula is C20H18N2O3S. The number of aromatic nitrogens is 1. The largest absolute Gasteiger partial charge is 0.458 e. The zero-order chi connectivity index (χ0) is 17.9. The Morgan fingerprint density at radius 2 is 2.00 bits per heavy atom. The van der Waals surface area contributed by atoms with Crippen LogP contribution in [-0.4, -0.2) is 16.9 Å². The van der Waals surface area contributed by atoms with Gasteiger partial charge in [0, 0.05) is 18.0 Å². The van der Waals surface area contributed by atoms with E-state index < -0.39 is 0 Å². The topological polar surface area (TPSA) is 68.3 Å². The SMILES string of the molecule is O=C(CC[C@@H]1Cc2ccccc2NC1=O)OCc1nc2ccccc2s1. The van der Waals surface area contributed by atoms with Crippen molar-refractivity contribution in [1.29, 1.82) is 0 Å². The summed E-state index contributed by atoms with van der Waals surface area (Å²) in [7, 11) is 0. The molecule has 2 heterocycles. The summed E-state index contributed by atoms with van der Waals surface area (Å²) >= 11 is 1.53. The Balaban J connectivity index is 1.29. The molecule has 0 saturated carbocycles. The lowest BCUT2D eigenvalue weighted by Crippen LogP contribution is -2.30. The minimum absolute atomic E-state index is 0.0253. The third-order valence-corrected chi connectivity index (χ3v) is 5.51. The van der Waals surface area contributed by atoms with Crippen LogP contribution < -0.4 is 5.32 Å². The molecule has 0 bridgehead atoms. The summed E-state index contributed by atoms with van der Waals surface area (Å²) in [6.45, 7) is 0.178.